The normalized spacial score (nSPS) is 16.2. The monoisotopic (exact) mass is 450 g/mol. The maximum absolute atomic E-state index is 13.1. The third-order valence-electron chi connectivity index (χ3n) is 6.13. The second-order valence-corrected chi connectivity index (χ2v) is 9.91. The number of ether oxygens (including phenoxy) is 1. The minimum atomic E-state index is -0.532. The summed E-state index contributed by atoms with van der Waals surface area (Å²) in [5, 5.41) is 2.99. The summed E-state index contributed by atoms with van der Waals surface area (Å²) in [5.41, 5.74) is 10.5. The van der Waals surface area contributed by atoms with Crippen LogP contribution in [0.4, 0.5) is 21.9 Å². The Bertz CT molecular complexity index is 1040. The van der Waals surface area contributed by atoms with Crippen molar-refractivity contribution in [1.29, 1.82) is 0 Å². The van der Waals surface area contributed by atoms with Gasteiger partial charge in [-0.25, -0.2) is 4.79 Å². The van der Waals surface area contributed by atoms with E-state index in [1.165, 1.54) is 24.8 Å². The highest BCUT2D eigenvalue weighted by atomic mass is 16.6. The zero-order valence-corrected chi connectivity index (χ0v) is 19.8. The SMILES string of the molecule is CC(C)(C)OC(=O)N1CCc2ccc(NC(=O)c3cc(N4CCCCC4)ccc3N)cc2C1. The molecule has 7 nitrogen and oxygen atoms in total. The maximum atomic E-state index is 13.1. The van der Waals surface area contributed by atoms with Crippen LogP contribution in [-0.2, 0) is 17.7 Å². The van der Waals surface area contributed by atoms with Gasteiger partial charge in [0.05, 0.1) is 5.56 Å². The molecule has 2 aliphatic heterocycles. The molecule has 2 amide bonds. The van der Waals surface area contributed by atoms with Gasteiger partial charge in [-0.15, -0.1) is 0 Å². The van der Waals surface area contributed by atoms with Crippen LogP contribution in [0.3, 0.4) is 0 Å². The fraction of sp³-hybridized carbons (Fsp3) is 0.462. The summed E-state index contributed by atoms with van der Waals surface area (Å²) >= 11 is 0. The summed E-state index contributed by atoms with van der Waals surface area (Å²) in [6, 6.07) is 11.6. The summed E-state index contributed by atoms with van der Waals surface area (Å²) in [4.78, 5) is 29.6. The molecule has 4 rings (SSSR count). The van der Waals surface area contributed by atoms with Crippen molar-refractivity contribution in [3.8, 4) is 0 Å². The van der Waals surface area contributed by atoms with Crippen molar-refractivity contribution in [1.82, 2.24) is 4.90 Å². The van der Waals surface area contributed by atoms with Gasteiger partial charge in [-0.05, 0) is 87.9 Å². The number of hydrogen-bond acceptors (Lipinski definition) is 5. The molecule has 1 fully saturated rings. The second-order valence-electron chi connectivity index (χ2n) is 9.91. The Hall–Kier alpha value is -3.22. The van der Waals surface area contributed by atoms with E-state index < -0.39 is 5.60 Å². The smallest absolute Gasteiger partial charge is 0.410 e. The third kappa shape index (κ3) is 5.59. The predicted octanol–water partition coefficient (Wildman–Crippen LogP) is 4.80. The predicted molar refractivity (Wildman–Crippen MR) is 132 cm³/mol. The average Bonchev–Trinajstić information content (AvgIpc) is 2.78. The van der Waals surface area contributed by atoms with Crippen molar-refractivity contribution in [2.75, 3.05) is 35.6 Å². The van der Waals surface area contributed by atoms with E-state index in [1.54, 1.807) is 4.90 Å². The highest BCUT2D eigenvalue weighted by Crippen LogP contribution is 2.27. The molecule has 2 aliphatic rings. The number of carbonyl (C=O) groups excluding carboxylic acids is 2. The van der Waals surface area contributed by atoms with E-state index in [4.69, 9.17) is 10.5 Å². The van der Waals surface area contributed by atoms with Crippen LogP contribution in [-0.4, -0.2) is 42.1 Å². The lowest BCUT2D eigenvalue weighted by Crippen LogP contribution is -2.39. The fourth-order valence-electron chi connectivity index (χ4n) is 4.41. The molecule has 7 heteroatoms. The number of nitrogen functional groups attached to an aromatic ring is 1. The first-order valence-corrected chi connectivity index (χ1v) is 11.8. The number of benzene rings is 2. The molecular formula is C26H34N4O3. The van der Waals surface area contributed by atoms with Crippen molar-refractivity contribution in [2.24, 2.45) is 0 Å². The van der Waals surface area contributed by atoms with E-state index in [0.29, 0.717) is 30.0 Å². The Kier molecular flexibility index (Phi) is 6.49. The first-order valence-electron chi connectivity index (χ1n) is 11.8. The Morgan fingerprint density at radius 3 is 2.45 bits per heavy atom. The van der Waals surface area contributed by atoms with Gasteiger partial charge in [0.1, 0.15) is 5.60 Å². The lowest BCUT2D eigenvalue weighted by molar-refractivity contribution is 0.0224. The molecular weight excluding hydrogens is 416 g/mol. The topological polar surface area (TPSA) is 87.9 Å². The second kappa shape index (κ2) is 9.33. The highest BCUT2D eigenvalue weighted by Gasteiger charge is 2.26. The molecule has 0 aromatic heterocycles. The molecule has 0 aliphatic carbocycles. The van der Waals surface area contributed by atoms with Gasteiger partial charge >= 0.3 is 6.09 Å². The maximum Gasteiger partial charge on any atom is 0.410 e. The molecule has 0 saturated carbocycles. The Balaban J connectivity index is 1.47. The van der Waals surface area contributed by atoms with Crippen LogP contribution in [0, 0.1) is 0 Å². The number of amides is 2. The van der Waals surface area contributed by atoms with Gasteiger partial charge in [0, 0.05) is 43.2 Å². The van der Waals surface area contributed by atoms with Crippen LogP contribution in [0.5, 0.6) is 0 Å². The number of nitrogens with two attached hydrogens (primary N) is 1. The number of rotatable bonds is 3. The molecule has 0 unspecified atom stereocenters. The highest BCUT2D eigenvalue weighted by molar-refractivity contribution is 6.08. The van der Waals surface area contributed by atoms with Crippen LogP contribution >= 0.6 is 0 Å². The van der Waals surface area contributed by atoms with E-state index in [2.05, 4.69) is 10.2 Å². The van der Waals surface area contributed by atoms with Crippen LogP contribution in [0.25, 0.3) is 0 Å². The molecule has 33 heavy (non-hydrogen) atoms. The van der Waals surface area contributed by atoms with Gasteiger partial charge < -0.3 is 25.6 Å². The summed E-state index contributed by atoms with van der Waals surface area (Å²) in [6.45, 7) is 8.68. The minimum absolute atomic E-state index is 0.230. The van der Waals surface area contributed by atoms with Gasteiger partial charge in [-0.3, -0.25) is 4.79 Å². The lowest BCUT2D eigenvalue weighted by atomic mass is 9.99. The largest absolute Gasteiger partial charge is 0.444 e. The summed E-state index contributed by atoms with van der Waals surface area (Å²) < 4.78 is 5.52. The number of piperidine rings is 1. The van der Waals surface area contributed by atoms with Gasteiger partial charge in [0.2, 0.25) is 0 Å². The van der Waals surface area contributed by atoms with Gasteiger partial charge in [-0.1, -0.05) is 6.07 Å². The first-order chi connectivity index (χ1) is 15.7. The van der Waals surface area contributed by atoms with Crippen molar-refractivity contribution >= 4 is 29.1 Å². The van der Waals surface area contributed by atoms with E-state index in [-0.39, 0.29) is 12.0 Å². The summed E-state index contributed by atoms with van der Waals surface area (Å²) in [5.74, 6) is -0.230. The molecule has 0 bridgehead atoms. The molecule has 2 aromatic rings. The lowest BCUT2D eigenvalue weighted by Gasteiger charge is -2.31. The number of fused-ring (bicyclic) bond motifs is 1. The van der Waals surface area contributed by atoms with Crippen LogP contribution in [0.15, 0.2) is 36.4 Å². The Morgan fingerprint density at radius 1 is 0.970 bits per heavy atom. The Labute approximate surface area is 195 Å². The van der Waals surface area contributed by atoms with E-state index in [1.807, 2.05) is 57.2 Å². The third-order valence-corrected chi connectivity index (χ3v) is 6.13. The molecule has 0 spiro atoms. The number of nitrogens with one attached hydrogen (secondary N) is 1. The van der Waals surface area contributed by atoms with Gasteiger partial charge in [0.15, 0.2) is 0 Å². The van der Waals surface area contributed by atoms with Crippen LogP contribution in [0.2, 0.25) is 0 Å². The standard InChI is InChI=1S/C26H34N4O3/c1-26(2,3)33-25(32)30-14-11-18-7-8-20(15-19(18)17-30)28-24(31)22-16-21(9-10-23(22)27)29-12-5-4-6-13-29/h7-10,15-16H,4-6,11-14,17,27H2,1-3H3,(H,28,31). The Morgan fingerprint density at radius 2 is 1.73 bits per heavy atom. The molecule has 0 atom stereocenters. The van der Waals surface area contributed by atoms with Crippen LogP contribution in [0.1, 0.15) is 61.5 Å². The molecule has 2 heterocycles. The average molecular weight is 451 g/mol. The van der Waals surface area contributed by atoms with Crippen molar-refractivity contribution in [3.63, 3.8) is 0 Å². The molecule has 3 N–H and O–H groups in total. The number of hydrogen-bond donors (Lipinski definition) is 2. The number of nitrogens with zero attached hydrogens (tertiary/aromatic N) is 2. The molecule has 0 radical (unpaired) electrons. The van der Waals surface area contributed by atoms with Gasteiger partial charge in [-0.2, -0.15) is 0 Å². The number of carbonyl (C=O) groups is 2. The first kappa shape index (κ1) is 23.0. The van der Waals surface area contributed by atoms with E-state index in [9.17, 15) is 9.59 Å². The van der Waals surface area contributed by atoms with E-state index in [0.717, 1.165) is 30.8 Å². The summed E-state index contributed by atoms with van der Waals surface area (Å²) in [6.07, 6.45) is 4.03. The van der Waals surface area contributed by atoms with Crippen molar-refractivity contribution < 1.29 is 14.3 Å². The van der Waals surface area contributed by atoms with Gasteiger partial charge in [0.25, 0.3) is 5.91 Å². The zero-order chi connectivity index (χ0) is 23.6. The molecule has 176 valence electrons. The minimum Gasteiger partial charge on any atom is -0.444 e. The van der Waals surface area contributed by atoms with Crippen molar-refractivity contribution in [2.45, 2.75) is 58.6 Å². The number of anilines is 3. The van der Waals surface area contributed by atoms with E-state index >= 15 is 0 Å². The summed E-state index contributed by atoms with van der Waals surface area (Å²) in [7, 11) is 0. The zero-order valence-electron chi connectivity index (χ0n) is 19.8. The fourth-order valence-corrected chi connectivity index (χ4v) is 4.41. The quantitative estimate of drug-likeness (QED) is 0.656. The molecule has 2 aromatic carbocycles. The van der Waals surface area contributed by atoms with Crippen molar-refractivity contribution in [3.05, 3.63) is 53.1 Å². The van der Waals surface area contributed by atoms with Crippen LogP contribution < -0.4 is 16.0 Å². The molecule has 1 saturated heterocycles.